The molecule has 2 unspecified atom stereocenters. The van der Waals surface area contributed by atoms with Crippen LogP contribution in [0.1, 0.15) is 32.8 Å². The molecule has 0 spiro atoms. The summed E-state index contributed by atoms with van der Waals surface area (Å²) in [4.78, 5) is 27.3. The number of hydrogen-bond acceptors (Lipinski definition) is 4. The first-order valence-electron chi connectivity index (χ1n) is 9.95. The van der Waals surface area contributed by atoms with E-state index in [0.717, 1.165) is 16.5 Å². The highest BCUT2D eigenvalue weighted by Gasteiger charge is 2.27. The van der Waals surface area contributed by atoms with Gasteiger partial charge in [0.25, 0.3) is 5.91 Å². The summed E-state index contributed by atoms with van der Waals surface area (Å²) < 4.78 is 11.7. The summed E-state index contributed by atoms with van der Waals surface area (Å²) in [5, 5.41) is 2.95. The van der Waals surface area contributed by atoms with E-state index in [2.05, 4.69) is 21.2 Å². The summed E-state index contributed by atoms with van der Waals surface area (Å²) in [7, 11) is 1.59. The molecule has 2 rings (SSSR count). The number of nitrogens with one attached hydrogen (secondary N) is 1. The number of nitrogens with zero attached hydrogens (tertiary/aromatic N) is 1. The maximum absolute atomic E-state index is 13.0. The van der Waals surface area contributed by atoms with Crippen LogP contribution in [0, 0.1) is 0 Å². The van der Waals surface area contributed by atoms with Crippen LogP contribution in [-0.2, 0) is 16.1 Å². The normalized spacial score (nSPS) is 12.6. The number of benzene rings is 2. The van der Waals surface area contributed by atoms with Gasteiger partial charge in [0.15, 0.2) is 6.61 Å². The van der Waals surface area contributed by atoms with E-state index in [1.54, 1.807) is 43.2 Å². The first-order chi connectivity index (χ1) is 14.3. The van der Waals surface area contributed by atoms with Crippen LogP contribution in [0.25, 0.3) is 0 Å². The topological polar surface area (TPSA) is 67.9 Å². The molecule has 2 atom stereocenters. The van der Waals surface area contributed by atoms with E-state index in [-0.39, 0.29) is 24.5 Å². The minimum atomic E-state index is -0.634. The highest BCUT2D eigenvalue weighted by molar-refractivity contribution is 9.10. The lowest BCUT2D eigenvalue weighted by molar-refractivity contribution is -0.142. The van der Waals surface area contributed by atoms with Crippen molar-refractivity contribution in [1.82, 2.24) is 10.2 Å². The van der Waals surface area contributed by atoms with Crippen LogP contribution in [0.5, 0.6) is 11.5 Å². The number of carbonyl (C=O) groups is 2. The monoisotopic (exact) mass is 476 g/mol. The van der Waals surface area contributed by atoms with Gasteiger partial charge in [0.1, 0.15) is 17.5 Å². The van der Waals surface area contributed by atoms with Crippen LogP contribution in [0.3, 0.4) is 0 Å². The summed E-state index contributed by atoms with van der Waals surface area (Å²) in [6.07, 6.45) is 0.818. The van der Waals surface area contributed by atoms with Gasteiger partial charge in [-0.3, -0.25) is 9.59 Å². The number of rotatable bonds is 10. The standard InChI is InChI=1S/C23H29BrN2O4/c1-5-16(2)25-23(28)17(3)26(14-18-7-6-8-19(24)13-18)22(27)15-30-21-11-9-20(29-4)10-12-21/h6-13,16-17H,5,14-15H2,1-4H3,(H,25,28). The Kier molecular flexibility index (Phi) is 9.17. The van der Waals surface area contributed by atoms with Gasteiger partial charge in [-0.2, -0.15) is 0 Å². The van der Waals surface area contributed by atoms with E-state index < -0.39 is 6.04 Å². The molecule has 7 heteroatoms. The third-order valence-corrected chi connectivity index (χ3v) is 5.33. The summed E-state index contributed by atoms with van der Waals surface area (Å²) in [5.74, 6) is 0.818. The van der Waals surface area contributed by atoms with Crippen molar-refractivity contribution in [3.05, 3.63) is 58.6 Å². The third-order valence-electron chi connectivity index (χ3n) is 4.83. The van der Waals surface area contributed by atoms with Crippen molar-refractivity contribution in [2.75, 3.05) is 13.7 Å². The second-order valence-electron chi connectivity index (χ2n) is 7.11. The minimum absolute atomic E-state index is 0.0401. The largest absolute Gasteiger partial charge is 0.497 e. The molecule has 0 radical (unpaired) electrons. The molecule has 2 aromatic carbocycles. The summed E-state index contributed by atoms with van der Waals surface area (Å²) in [6, 6.07) is 14.1. The highest BCUT2D eigenvalue weighted by atomic mass is 79.9. The molecule has 6 nitrogen and oxygen atoms in total. The van der Waals surface area contributed by atoms with Crippen LogP contribution in [0.15, 0.2) is 53.0 Å². The molecule has 0 bridgehead atoms. The Morgan fingerprint density at radius 2 is 1.77 bits per heavy atom. The predicted molar refractivity (Wildman–Crippen MR) is 121 cm³/mol. The van der Waals surface area contributed by atoms with Crippen LogP contribution >= 0.6 is 15.9 Å². The fraction of sp³-hybridized carbons (Fsp3) is 0.391. The van der Waals surface area contributed by atoms with Crippen molar-refractivity contribution in [2.45, 2.75) is 45.8 Å². The molecule has 0 fully saturated rings. The van der Waals surface area contributed by atoms with Crippen LogP contribution in [-0.4, -0.2) is 42.5 Å². The Bertz CT molecular complexity index is 841. The van der Waals surface area contributed by atoms with Gasteiger partial charge in [-0.15, -0.1) is 0 Å². The molecule has 2 amide bonds. The highest BCUT2D eigenvalue weighted by Crippen LogP contribution is 2.18. The average molecular weight is 477 g/mol. The summed E-state index contributed by atoms with van der Waals surface area (Å²) >= 11 is 3.45. The molecule has 0 aliphatic carbocycles. The van der Waals surface area contributed by atoms with E-state index >= 15 is 0 Å². The Hall–Kier alpha value is -2.54. The van der Waals surface area contributed by atoms with Gasteiger partial charge in [0.05, 0.1) is 7.11 Å². The van der Waals surface area contributed by atoms with Crippen molar-refractivity contribution in [2.24, 2.45) is 0 Å². The van der Waals surface area contributed by atoms with Gasteiger partial charge in [0.2, 0.25) is 5.91 Å². The average Bonchev–Trinajstić information content (AvgIpc) is 2.75. The van der Waals surface area contributed by atoms with Gasteiger partial charge >= 0.3 is 0 Å². The Morgan fingerprint density at radius 1 is 1.10 bits per heavy atom. The maximum Gasteiger partial charge on any atom is 0.261 e. The summed E-state index contributed by atoms with van der Waals surface area (Å²) in [5.41, 5.74) is 0.922. The molecule has 1 N–H and O–H groups in total. The van der Waals surface area contributed by atoms with Gasteiger partial charge in [-0.05, 0) is 62.2 Å². The molecule has 0 heterocycles. The fourth-order valence-electron chi connectivity index (χ4n) is 2.78. The van der Waals surface area contributed by atoms with E-state index in [1.165, 1.54) is 0 Å². The second kappa shape index (κ2) is 11.6. The first-order valence-corrected chi connectivity index (χ1v) is 10.7. The number of halogens is 1. The van der Waals surface area contributed by atoms with Crippen molar-refractivity contribution in [3.8, 4) is 11.5 Å². The van der Waals surface area contributed by atoms with Crippen molar-refractivity contribution in [3.63, 3.8) is 0 Å². The molecular formula is C23H29BrN2O4. The second-order valence-corrected chi connectivity index (χ2v) is 8.03. The van der Waals surface area contributed by atoms with Crippen LogP contribution in [0.2, 0.25) is 0 Å². The molecule has 0 saturated carbocycles. The number of ether oxygens (including phenoxy) is 2. The molecule has 0 aliphatic rings. The van der Waals surface area contributed by atoms with Gasteiger partial charge in [0, 0.05) is 17.1 Å². The quantitative estimate of drug-likeness (QED) is 0.558. The van der Waals surface area contributed by atoms with Crippen molar-refractivity contribution in [1.29, 1.82) is 0 Å². The number of hydrogen-bond donors (Lipinski definition) is 1. The number of methoxy groups -OCH3 is 1. The number of amides is 2. The predicted octanol–water partition coefficient (Wildman–Crippen LogP) is 4.17. The number of carbonyl (C=O) groups excluding carboxylic acids is 2. The minimum Gasteiger partial charge on any atom is -0.497 e. The molecule has 0 aromatic heterocycles. The van der Waals surface area contributed by atoms with Crippen molar-refractivity contribution < 1.29 is 19.1 Å². The molecule has 0 saturated heterocycles. The van der Waals surface area contributed by atoms with Crippen LogP contribution < -0.4 is 14.8 Å². The summed E-state index contributed by atoms with van der Waals surface area (Å²) in [6.45, 7) is 5.82. The van der Waals surface area contributed by atoms with E-state index in [4.69, 9.17) is 9.47 Å². The van der Waals surface area contributed by atoms with Gasteiger partial charge in [-0.1, -0.05) is 35.0 Å². The zero-order chi connectivity index (χ0) is 22.1. The Balaban J connectivity index is 2.13. The van der Waals surface area contributed by atoms with Gasteiger partial charge in [-0.25, -0.2) is 0 Å². The lowest BCUT2D eigenvalue weighted by Gasteiger charge is -2.29. The SMILES string of the molecule is CCC(C)NC(=O)C(C)N(Cc1cccc(Br)c1)C(=O)COc1ccc(OC)cc1. The van der Waals surface area contributed by atoms with Crippen molar-refractivity contribution >= 4 is 27.7 Å². The first kappa shape index (κ1) is 23.7. The molecule has 2 aromatic rings. The third kappa shape index (κ3) is 7.06. The van der Waals surface area contributed by atoms with E-state index in [1.807, 2.05) is 38.1 Å². The molecule has 0 aliphatic heterocycles. The zero-order valence-electron chi connectivity index (χ0n) is 17.9. The smallest absolute Gasteiger partial charge is 0.261 e. The molecule has 162 valence electrons. The lowest BCUT2D eigenvalue weighted by atomic mass is 10.1. The fourth-order valence-corrected chi connectivity index (χ4v) is 3.23. The Morgan fingerprint density at radius 3 is 2.37 bits per heavy atom. The molecule has 30 heavy (non-hydrogen) atoms. The molecular weight excluding hydrogens is 448 g/mol. The van der Waals surface area contributed by atoms with E-state index in [9.17, 15) is 9.59 Å². The lowest BCUT2D eigenvalue weighted by Crippen LogP contribution is -2.50. The van der Waals surface area contributed by atoms with Crippen LogP contribution in [0.4, 0.5) is 0 Å². The maximum atomic E-state index is 13.0. The van der Waals surface area contributed by atoms with Gasteiger partial charge < -0.3 is 19.7 Å². The zero-order valence-corrected chi connectivity index (χ0v) is 19.4. The Labute approximate surface area is 186 Å². The van der Waals surface area contributed by atoms with E-state index in [0.29, 0.717) is 18.0 Å².